The van der Waals surface area contributed by atoms with E-state index in [1.807, 2.05) is 6.92 Å². The quantitative estimate of drug-likeness (QED) is 0.721. The predicted octanol–water partition coefficient (Wildman–Crippen LogP) is 4.36. The molecule has 1 aliphatic heterocycles. The molecular weight excluding hydrogens is 270 g/mol. The first-order valence-electron chi connectivity index (χ1n) is 7.51. The van der Waals surface area contributed by atoms with Crippen LogP contribution < -0.4 is 4.90 Å². The van der Waals surface area contributed by atoms with Crippen LogP contribution in [0.3, 0.4) is 0 Å². The van der Waals surface area contributed by atoms with Gasteiger partial charge < -0.3 is 4.90 Å². The second-order valence-electron chi connectivity index (χ2n) is 7.21. The highest BCUT2D eigenvalue weighted by Crippen LogP contribution is 2.32. The Morgan fingerprint density at radius 3 is 2.40 bits per heavy atom. The van der Waals surface area contributed by atoms with E-state index in [9.17, 15) is 0 Å². The fourth-order valence-electron chi connectivity index (χ4n) is 2.82. The highest BCUT2D eigenvalue weighted by Gasteiger charge is 2.28. The molecule has 2 unspecified atom stereocenters. The molecule has 2 atom stereocenters. The van der Waals surface area contributed by atoms with Crippen LogP contribution in [0, 0.1) is 12.8 Å². The molecule has 0 bridgehead atoms. The Morgan fingerprint density at radius 2 is 1.85 bits per heavy atom. The van der Waals surface area contributed by atoms with Crippen molar-refractivity contribution in [3.05, 3.63) is 16.5 Å². The highest BCUT2D eigenvalue weighted by atomic mass is 35.5. The Bertz CT molecular complexity index is 493. The maximum atomic E-state index is 6.34. The van der Waals surface area contributed by atoms with E-state index in [2.05, 4.69) is 44.5 Å². The molecule has 0 amide bonds. The molecule has 0 aromatic carbocycles. The number of halogens is 1. The third-order valence-corrected chi connectivity index (χ3v) is 4.51. The molecule has 0 N–H and O–H groups in total. The van der Waals surface area contributed by atoms with Gasteiger partial charge in [-0.15, -0.1) is 0 Å². The smallest absolute Gasteiger partial charge is 0.137 e. The maximum absolute atomic E-state index is 6.34. The van der Waals surface area contributed by atoms with E-state index in [4.69, 9.17) is 16.6 Å². The molecule has 3 nitrogen and oxygen atoms in total. The van der Waals surface area contributed by atoms with Gasteiger partial charge in [0.25, 0.3) is 0 Å². The Balaban J connectivity index is 2.43. The van der Waals surface area contributed by atoms with Crippen LogP contribution in [-0.4, -0.2) is 22.6 Å². The number of rotatable bonds is 1. The molecule has 2 rings (SSSR count). The topological polar surface area (TPSA) is 29.0 Å². The number of piperidine rings is 1. The summed E-state index contributed by atoms with van der Waals surface area (Å²) in [6.45, 7) is 14.1. The minimum Gasteiger partial charge on any atom is -0.354 e. The minimum atomic E-state index is -0.0849. The van der Waals surface area contributed by atoms with Crippen molar-refractivity contribution in [3.8, 4) is 0 Å². The van der Waals surface area contributed by atoms with Crippen LogP contribution in [0.5, 0.6) is 0 Å². The van der Waals surface area contributed by atoms with Gasteiger partial charge in [-0.3, -0.25) is 0 Å². The van der Waals surface area contributed by atoms with Crippen molar-refractivity contribution in [1.82, 2.24) is 9.97 Å². The summed E-state index contributed by atoms with van der Waals surface area (Å²) in [5.74, 6) is 2.64. The average Bonchev–Trinajstić information content (AvgIpc) is 2.32. The third-order valence-electron chi connectivity index (χ3n) is 4.14. The lowest BCUT2D eigenvalue weighted by Gasteiger charge is -2.38. The summed E-state index contributed by atoms with van der Waals surface area (Å²) in [6.07, 6.45) is 2.43. The predicted molar refractivity (Wildman–Crippen MR) is 85.7 cm³/mol. The molecule has 20 heavy (non-hydrogen) atoms. The summed E-state index contributed by atoms with van der Waals surface area (Å²) in [7, 11) is 0. The molecule has 0 saturated carbocycles. The van der Waals surface area contributed by atoms with Crippen LogP contribution in [0.2, 0.25) is 5.15 Å². The number of aromatic nitrogens is 2. The molecule has 1 aromatic rings. The fourth-order valence-corrected chi connectivity index (χ4v) is 2.98. The van der Waals surface area contributed by atoms with Crippen LogP contribution in [0.25, 0.3) is 0 Å². The SMILES string of the molecule is Cc1c(Cl)nc(C(C)(C)C)nc1N1CCC(C)CC1C. The zero-order valence-electron chi connectivity index (χ0n) is 13.5. The van der Waals surface area contributed by atoms with Gasteiger partial charge in [-0.05, 0) is 32.6 Å². The maximum Gasteiger partial charge on any atom is 0.137 e. The van der Waals surface area contributed by atoms with E-state index in [1.54, 1.807) is 0 Å². The van der Waals surface area contributed by atoms with Gasteiger partial charge in [0.2, 0.25) is 0 Å². The van der Waals surface area contributed by atoms with E-state index in [0.717, 1.165) is 29.7 Å². The second-order valence-corrected chi connectivity index (χ2v) is 7.57. The molecule has 112 valence electrons. The number of anilines is 1. The lowest BCUT2D eigenvalue weighted by Crippen LogP contribution is -2.41. The number of hydrogen-bond donors (Lipinski definition) is 0. The third kappa shape index (κ3) is 3.08. The summed E-state index contributed by atoms with van der Waals surface area (Å²) < 4.78 is 0. The van der Waals surface area contributed by atoms with Gasteiger partial charge >= 0.3 is 0 Å². The molecule has 1 aliphatic rings. The lowest BCUT2D eigenvalue weighted by atomic mass is 9.93. The van der Waals surface area contributed by atoms with Gasteiger partial charge in [-0.1, -0.05) is 39.3 Å². The van der Waals surface area contributed by atoms with Crippen LogP contribution >= 0.6 is 11.6 Å². The normalized spacial score (nSPS) is 24.1. The molecule has 1 aromatic heterocycles. The van der Waals surface area contributed by atoms with Gasteiger partial charge in [0.15, 0.2) is 0 Å². The van der Waals surface area contributed by atoms with Crippen molar-refractivity contribution in [2.75, 3.05) is 11.4 Å². The van der Waals surface area contributed by atoms with E-state index >= 15 is 0 Å². The van der Waals surface area contributed by atoms with E-state index < -0.39 is 0 Å². The molecular formula is C16H26ClN3. The van der Waals surface area contributed by atoms with Crippen molar-refractivity contribution in [2.24, 2.45) is 5.92 Å². The lowest BCUT2D eigenvalue weighted by molar-refractivity contribution is 0.374. The van der Waals surface area contributed by atoms with Crippen molar-refractivity contribution >= 4 is 17.4 Å². The Kier molecular flexibility index (Phi) is 4.29. The summed E-state index contributed by atoms with van der Waals surface area (Å²) >= 11 is 6.34. The second kappa shape index (κ2) is 5.51. The monoisotopic (exact) mass is 295 g/mol. The first-order chi connectivity index (χ1) is 9.20. The Labute approximate surface area is 127 Å². The Morgan fingerprint density at radius 1 is 1.20 bits per heavy atom. The summed E-state index contributed by atoms with van der Waals surface area (Å²) in [6, 6.07) is 0.510. The average molecular weight is 296 g/mol. The van der Waals surface area contributed by atoms with E-state index in [-0.39, 0.29) is 5.41 Å². The highest BCUT2D eigenvalue weighted by molar-refractivity contribution is 6.30. The summed E-state index contributed by atoms with van der Waals surface area (Å²) in [4.78, 5) is 11.7. The van der Waals surface area contributed by atoms with Crippen LogP contribution in [0.1, 0.15) is 58.8 Å². The van der Waals surface area contributed by atoms with Gasteiger partial charge in [0, 0.05) is 23.6 Å². The van der Waals surface area contributed by atoms with Crippen LogP contribution in [0.15, 0.2) is 0 Å². The largest absolute Gasteiger partial charge is 0.354 e. The number of nitrogens with zero attached hydrogens (tertiary/aromatic N) is 3. The van der Waals surface area contributed by atoms with Gasteiger partial charge in [0.05, 0.1) is 0 Å². The Hall–Kier alpha value is -0.830. The standard InChI is InChI=1S/C16H26ClN3/c1-10-7-8-20(11(2)9-10)14-12(3)13(17)18-15(19-14)16(4,5)6/h10-11H,7-9H2,1-6H3. The first kappa shape index (κ1) is 15.6. The zero-order valence-corrected chi connectivity index (χ0v) is 14.3. The van der Waals surface area contributed by atoms with Crippen molar-refractivity contribution < 1.29 is 0 Å². The molecule has 0 aliphatic carbocycles. The van der Waals surface area contributed by atoms with E-state index in [0.29, 0.717) is 11.2 Å². The molecule has 4 heteroatoms. The van der Waals surface area contributed by atoms with Gasteiger partial charge in [0.1, 0.15) is 16.8 Å². The molecule has 2 heterocycles. The minimum absolute atomic E-state index is 0.0849. The number of hydrogen-bond acceptors (Lipinski definition) is 3. The van der Waals surface area contributed by atoms with Gasteiger partial charge in [-0.25, -0.2) is 9.97 Å². The van der Waals surface area contributed by atoms with Crippen molar-refractivity contribution in [2.45, 2.75) is 65.8 Å². The first-order valence-corrected chi connectivity index (χ1v) is 7.89. The molecule has 1 fully saturated rings. The fraction of sp³-hybridized carbons (Fsp3) is 0.750. The molecule has 0 spiro atoms. The summed E-state index contributed by atoms with van der Waals surface area (Å²) in [5.41, 5.74) is 0.916. The van der Waals surface area contributed by atoms with E-state index in [1.165, 1.54) is 12.8 Å². The molecule has 0 radical (unpaired) electrons. The van der Waals surface area contributed by atoms with Crippen LogP contribution in [-0.2, 0) is 5.41 Å². The summed E-state index contributed by atoms with van der Waals surface area (Å²) in [5, 5.41) is 0.589. The zero-order chi connectivity index (χ0) is 15.1. The van der Waals surface area contributed by atoms with Crippen molar-refractivity contribution in [1.29, 1.82) is 0 Å². The van der Waals surface area contributed by atoms with Gasteiger partial charge in [-0.2, -0.15) is 0 Å². The molecule has 1 saturated heterocycles. The van der Waals surface area contributed by atoms with Crippen LogP contribution in [0.4, 0.5) is 5.82 Å². The van der Waals surface area contributed by atoms with Crippen molar-refractivity contribution in [3.63, 3.8) is 0 Å².